The zero-order valence-electron chi connectivity index (χ0n) is 11.7. The molecule has 0 heterocycles. The van der Waals surface area contributed by atoms with Crippen LogP contribution in [0.25, 0.3) is 0 Å². The van der Waals surface area contributed by atoms with Crippen LogP contribution in [0.15, 0.2) is 60.7 Å². The van der Waals surface area contributed by atoms with Crippen molar-refractivity contribution >= 4 is 11.8 Å². The van der Waals surface area contributed by atoms with Gasteiger partial charge in [-0.3, -0.25) is 5.32 Å². The summed E-state index contributed by atoms with van der Waals surface area (Å²) in [5, 5.41) is 6.58. The van der Waals surface area contributed by atoms with Gasteiger partial charge in [0.1, 0.15) is 0 Å². The predicted molar refractivity (Wildman–Crippen MR) is 88.3 cm³/mol. The van der Waals surface area contributed by atoms with E-state index < -0.39 is 0 Å². The normalized spacial score (nSPS) is 11.4. The molecule has 0 saturated heterocycles. The Kier molecular flexibility index (Phi) is 6.23. The molecule has 0 fully saturated rings. The van der Waals surface area contributed by atoms with Crippen molar-refractivity contribution < 1.29 is 0 Å². The summed E-state index contributed by atoms with van der Waals surface area (Å²) in [7, 11) is 0. The Morgan fingerprint density at radius 2 is 1.55 bits per heavy atom. The van der Waals surface area contributed by atoms with Gasteiger partial charge in [-0.15, -0.1) is 0 Å². The molecule has 2 rings (SSSR count). The highest BCUT2D eigenvalue weighted by molar-refractivity contribution is 8.03. The highest BCUT2D eigenvalue weighted by atomic mass is 32.2. The molecular formula is C18H19NS. The topological polar surface area (TPSA) is 12.0 Å². The molecule has 0 aliphatic carbocycles. The van der Waals surface area contributed by atoms with Crippen LogP contribution < -0.4 is 5.32 Å². The van der Waals surface area contributed by atoms with Gasteiger partial charge in [0, 0.05) is 12.3 Å². The van der Waals surface area contributed by atoms with Gasteiger partial charge in [0.25, 0.3) is 0 Å². The summed E-state index contributed by atoms with van der Waals surface area (Å²) < 4.78 is 0. The van der Waals surface area contributed by atoms with E-state index in [9.17, 15) is 0 Å². The molecular weight excluding hydrogens is 262 g/mol. The number of thioether (sulfide) groups is 1. The Bertz CT molecular complexity index is 554. The van der Waals surface area contributed by atoms with Gasteiger partial charge >= 0.3 is 0 Å². The lowest BCUT2D eigenvalue weighted by atomic mass is 10.2. The lowest BCUT2D eigenvalue weighted by Crippen LogP contribution is -2.23. The van der Waals surface area contributed by atoms with Gasteiger partial charge < -0.3 is 0 Å². The molecule has 2 aromatic rings. The zero-order chi connectivity index (χ0) is 14.0. The lowest BCUT2D eigenvalue weighted by Gasteiger charge is -2.07. The van der Waals surface area contributed by atoms with Crippen LogP contribution in [0.2, 0.25) is 0 Å². The van der Waals surface area contributed by atoms with E-state index in [1.807, 2.05) is 12.1 Å². The molecule has 1 nitrogen and oxygen atoms in total. The quantitative estimate of drug-likeness (QED) is 0.830. The largest absolute Gasteiger partial charge is 0.300 e. The summed E-state index contributed by atoms with van der Waals surface area (Å²) in [5.74, 6) is 4.17. The first-order valence-electron chi connectivity index (χ1n) is 6.78. The third-order valence-electron chi connectivity index (χ3n) is 2.88. The Hall–Kier alpha value is -1.69. The van der Waals surface area contributed by atoms with Crippen LogP contribution in [-0.2, 0) is 12.3 Å². The molecule has 1 atom stereocenters. The monoisotopic (exact) mass is 281 g/mol. The van der Waals surface area contributed by atoms with E-state index in [0.717, 1.165) is 12.3 Å². The van der Waals surface area contributed by atoms with Crippen LogP contribution in [0.1, 0.15) is 18.1 Å². The fraction of sp³-hybridized carbons (Fsp3) is 0.222. The van der Waals surface area contributed by atoms with Gasteiger partial charge in [0.15, 0.2) is 0 Å². The Balaban J connectivity index is 1.70. The SMILES string of the molecule is CC(C#CSCc1ccccc1)NCc1ccccc1. The van der Waals surface area contributed by atoms with Crippen molar-refractivity contribution in [2.24, 2.45) is 0 Å². The Morgan fingerprint density at radius 1 is 0.950 bits per heavy atom. The Labute approximate surface area is 125 Å². The second kappa shape index (κ2) is 8.47. The first-order valence-corrected chi connectivity index (χ1v) is 7.77. The van der Waals surface area contributed by atoms with Crippen LogP contribution in [0.5, 0.6) is 0 Å². The number of benzene rings is 2. The van der Waals surface area contributed by atoms with Gasteiger partial charge in [-0.25, -0.2) is 0 Å². The van der Waals surface area contributed by atoms with E-state index in [1.54, 1.807) is 11.8 Å². The standard InChI is InChI=1S/C18H19NS/c1-16(19-14-17-8-4-2-5-9-17)12-13-20-15-18-10-6-3-7-11-18/h2-11,16,19H,14-15H2,1H3. The fourth-order valence-electron chi connectivity index (χ4n) is 1.74. The summed E-state index contributed by atoms with van der Waals surface area (Å²) in [6.07, 6.45) is 0. The number of rotatable bonds is 5. The number of nitrogens with one attached hydrogen (secondary N) is 1. The van der Waals surface area contributed by atoms with Crippen molar-refractivity contribution in [1.29, 1.82) is 0 Å². The minimum Gasteiger partial charge on any atom is -0.300 e. The molecule has 0 saturated carbocycles. The molecule has 0 aliphatic heterocycles. The van der Waals surface area contributed by atoms with Crippen LogP contribution in [0.3, 0.4) is 0 Å². The van der Waals surface area contributed by atoms with Crippen molar-refractivity contribution in [3.63, 3.8) is 0 Å². The third kappa shape index (κ3) is 5.52. The van der Waals surface area contributed by atoms with E-state index in [1.165, 1.54) is 11.1 Å². The maximum absolute atomic E-state index is 3.41. The molecule has 0 bridgehead atoms. The highest BCUT2D eigenvalue weighted by Gasteiger charge is 1.96. The van der Waals surface area contributed by atoms with E-state index in [4.69, 9.17) is 0 Å². The van der Waals surface area contributed by atoms with Gasteiger partial charge in [-0.2, -0.15) is 0 Å². The van der Waals surface area contributed by atoms with Gasteiger partial charge in [0.05, 0.1) is 6.04 Å². The van der Waals surface area contributed by atoms with E-state index >= 15 is 0 Å². The first-order chi connectivity index (χ1) is 9.84. The van der Waals surface area contributed by atoms with Gasteiger partial charge in [-0.05, 0) is 23.3 Å². The van der Waals surface area contributed by atoms with Crippen molar-refractivity contribution in [2.75, 3.05) is 0 Å². The summed E-state index contributed by atoms with van der Waals surface area (Å²) in [6.45, 7) is 2.96. The maximum atomic E-state index is 3.41. The second-order valence-corrected chi connectivity index (χ2v) is 5.39. The first kappa shape index (κ1) is 14.7. The average Bonchev–Trinajstić information content (AvgIpc) is 2.52. The third-order valence-corrected chi connectivity index (χ3v) is 3.62. The summed E-state index contributed by atoms with van der Waals surface area (Å²) >= 11 is 1.66. The average molecular weight is 281 g/mol. The molecule has 2 aromatic carbocycles. The smallest absolute Gasteiger partial charge is 0.0672 e. The predicted octanol–water partition coefficient (Wildman–Crippen LogP) is 4.06. The van der Waals surface area contributed by atoms with Crippen molar-refractivity contribution in [2.45, 2.75) is 25.3 Å². The van der Waals surface area contributed by atoms with Crippen LogP contribution in [-0.4, -0.2) is 6.04 Å². The highest BCUT2D eigenvalue weighted by Crippen LogP contribution is 2.09. The molecule has 102 valence electrons. The molecule has 2 heteroatoms. The van der Waals surface area contributed by atoms with E-state index in [0.29, 0.717) is 0 Å². The molecule has 1 unspecified atom stereocenters. The molecule has 1 N–H and O–H groups in total. The number of hydrogen-bond donors (Lipinski definition) is 1. The lowest BCUT2D eigenvalue weighted by molar-refractivity contribution is 0.648. The van der Waals surface area contributed by atoms with Crippen LogP contribution >= 0.6 is 11.8 Å². The molecule has 0 amide bonds. The minimum absolute atomic E-state index is 0.207. The maximum Gasteiger partial charge on any atom is 0.0672 e. The van der Waals surface area contributed by atoms with Crippen LogP contribution in [0, 0.1) is 11.2 Å². The van der Waals surface area contributed by atoms with Crippen molar-refractivity contribution in [3.05, 3.63) is 71.8 Å². The van der Waals surface area contributed by atoms with E-state index in [2.05, 4.69) is 71.9 Å². The zero-order valence-corrected chi connectivity index (χ0v) is 12.5. The molecule has 0 radical (unpaired) electrons. The van der Waals surface area contributed by atoms with Gasteiger partial charge in [-0.1, -0.05) is 78.3 Å². The Morgan fingerprint density at radius 3 is 2.20 bits per heavy atom. The number of hydrogen-bond acceptors (Lipinski definition) is 2. The summed E-state index contributed by atoms with van der Waals surface area (Å²) in [4.78, 5) is 0. The summed E-state index contributed by atoms with van der Waals surface area (Å²) in [5.41, 5.74) is 2.61. The second-order valence-electron chi connectivity index (χ2n) is 4.61. The molecule has 20 heavy (non-hydrogen) atoms. The van der Waals surface area contributed by atoms with Crippen molar-refractivity contribution in [1.82, 2.24) is 5.32 Å². The van der Waals surface area contributed by atoms with Crippen LogP contribution in [0.4, 0.5) is 0 Å². The fourth-order valence-corrected chi connectivity index (χ4v) is 2.43. The molecule has 0 aromatic heterocycles. The summed E-state index contributed by atoms with van der Waals surface area (Å²) in [6, 6.07) is 21.0. The molecule has 0 aliphatic rings. The van der Waals surface area contributed by atoms with E-state index in [-0.39, 0.29) is 6.04 Å². The van der Waals surface area contributed by atoms with Gasteiger partial charge in [0.2, 0.25) is 0 Å². The molecule has 0 spiro atoms. The van der Waals surface area contributed by atoms with Crippen molar-refractivity contribution in [3.8, 4) is 11.2 Å². The minimum atomic E-state index is 0.207.